The lowest BCUT2D eigenvalue weighted by molar-refractivity contribution is -0.135. The Labute approximate surface area is 172 Å². The fraction of sp³-hybridized carbons (Fsp3) is 0.600. The Balaban J connectivity index is 1.72. The Kier molecular flexibility index (Phi) is 7.13. The maximum atomic E-state index is 12.7. The number of amides is 2. The molecule has 1 aliphatic carbocycles. The van der Waals surface area contributed by atoms with Crippen LogP contribution in [-0.2, 0) is 19.6 Å². The van der Waals surface area contributed by atoms with E-state index in [1.54, 1.807) is 17.0 Å². The van der Waals surface area contributed by atoms with E-state index in [0.717, 1.165) is 12.8 Å². The molecule has 0 spiro atoms. The third kappa shape index (κ3) is 5.70. The third-order valence-corrected chi connectivity index (χ3v) is 6.90. The summed E-state index contributed by atoms with van der Waals surface area (Å²) in [5, 5.41) is 2.89. The number of para-hydroxylation sites is 1. The first kappa shape index (κ1) is 21.6. The fourth-order valence-electron chi connectivity index (χ4n) is 4.12. The summed E-state index contributed by atoms with van der Waals surface area (Å²) in [6.07, 6.45) is 4.35. The lowest BCUT2D eigenvalue weighted by Gasteiger charge is -2.39. The Morgan fingerprint density at radius 3 is 2.59 bits per heavy atom. The van der Waals surface area contributed by atoms with Crippen molar-refractivity contribution in [1.29, 1.82) is 0 Å². The SMILES string of the molecule is CS(=O)(=O)N1CCN(C(=O)COc2ccccc2)CCNC(=O)C2CCCCC21. The molecule has 0 bridgehead atoms. The molecule has 0 aromatic heterocycles. The number of rotatable bonds is 4. The maximum Gasteiger partial charge on any atom is 0.260 e. The molecule has 2 unspecified atom stereocenters. The van der Waals surface area contributed by atoms with E-state index in [1.165, 1.54) is 10.6 Å². The van der Waals surface area contributed by atoms with Crippen molar-refractivity contribution >= 4 is 21.8 Å². The van der Waals surface area contributed by atoms with Gasteiger partial charge in [-0.1, -0.05) is 31.0 Å². The number of nitrogens with one attached hydrogen (secondary N) is 1. The van der Waals surface area contributed by atoms with Crippen LogP contribution in [0.5, 0.6) is 5.75 Å². The van der Waals surface area contributed by atoms with Gasteiger partial charge in [0.05, 0.1) is 12.2 Å². The van der Waals surface area contributed by atoms with Gasteiger partial charge in [-0.15, -0.1) is 0 Å². The van der Waals surface area contributed by atoms with Gasteiger partial charge in [-0.2, -0.15) is 4.31 Å². The van der Waals surface area contributed by atoms with Crippen molar-refractivity contribution in [1.82, 2.24) is 14.5 Å². The molecule has 2 atom stereocenters. The molecule has 1 aromatic rings. The number of carbonyl (C=O) groups is 2. The summed E-state index contributed by atoms with van der Waals surface area (Å²) < 4.78 is 31.9. The van der Waals surface area contributed by atoms with Crippen LogP contribution in [0.2, 0.25) is 0 Å². The number of carbonyl (C=O) groups excluding carboxylic acids is 2. The fourth-order valence-corrected chi connectivity index (χ4v) is 5.28. The zero-order valence-electron chi connectivity index (χ0n) is 16.7. The van der Waals surface area contributed by atoms with Gasteiger partial charge >= 0.3 is 0 Å². The van der Waals surface area contributed by atoms with Crippen molar-refractivity contribution in [2.24, 2.45) is 5.92 Å². The van der Waals surface area contributed by atoms with Crippen molar-refractivity contribution in [2.45, 2.75) is 31.7 Å². The van der Waals surface area contributed by atoms with Crippen LogP contribution >= 0.6 is 0 Å². The first-order valence-electron chi connectivity index (χ1n) is 10.1. The van der Waals surface area contributed by atoms with Crippen molar-refractivity contribution in [3.05, 3.63) is 30.3 Å². The van der Waals surface area contributed by atoms with E-state index < -0.39 is 10.0 Å². The van der Waals surface area contributed by atoms with Gasteiger partial charge in [-0.05, 0) is 25.0 Å². The van der Waals surface area contributed by atoms with Crippen LogP contribution in [0.3, 0.4) is 0 Å². The number of sulfonamides is 1. The van der Waals surface area contributed by atoms with Crippen molar-refractivity contribution < 1.29 is 22.7 Å². The molecule has 9 heteroatoms. The normalized spacial score (nSPS) is 24.3. The van der Waals surface area contributed by atoms with E-state index in [0.29, 0.717) is 31.7 Å². The zero-order chi connectivity index (χ0) is 20.9. The van der Waals surface area contributed by atoms with Crippen LogP contribution in [0.1, 0.15) is 25.7 Å². The number of fused-ring (bicyclic) bond motifs is 1. The summed E-state index contributed by atoms with van der Waals surface area (Å²) in [5.74, 6) is -0.101. The second-order valence-electron chi connectivity index (χ2n) is 7.61. The molecule has 29 heavy (non-hydrogen) atoms. The molecule has 2 fully saturated rings. The molecule has 0 radical (unpaired) electrons. The molecule has 1 aromatic carbocycles. The van der Waals surface area contributed by atoms with Gasteiger partial charge in [-0.25, -0.2) is 8.42 Å². The van der Waals surface area contributed by atoms with Gasteiger partial charge < -0.3 is 15.0 Å². The first-order chi connectivity index (χ1) is 13.9. The number of nitrogens with zero attached hydrogens (tertiary/aromatic N) is 2. The van der Waals surface area contributed by atoms with Crippen molar-refractivity contribution in [2.75, 3.05) is 39.0 Å². The minimum absolute atomic E-state index is 0.127. The summed E-state index contributed by atoms with van der Waals surface area (Å²) in [6, 6.07) is 8.69. The minimum atomic E-state index is -3.51. The van der Waals surface area contributed by atoms with Crippen LogP contribution in [0.15, 0.2) is 30.3 Å². The quantitative estimate of drug-likeness (QED) is 0.774. The number of ether oxygens (including phenoxy) is 1. The highest BCUT2D eigenvalue weighted by Gasteiger charge is 2.39. The van der Waals surface area contributed by atoms with Crippen molar-refractivity contribution in [3.63, 3.8) is 0 Å². The van der Waals surface area contributed by atoms with Gasteiger partial charge in [0, 0.05) is 32.2 Å². The van der Waals surface area contributed by atoms with Crippen LogP contribution in [0.4, 0.5) is 0 Å². The Bertz CT molecular complexity index is 815. The first-order valence-corrected chi connectivity index (χ1v) is 11.9. The average molecular weight is 424 g/mol. The molecule has 2 aliphatic rings. The maximum absolute atomic E-state index is 12.7. The van der Waals surface area contributed by atoms with Gasteiger partial charge in [-0.3, -0.25) is 9.59 Å². The van der Waals surface area contributed by atoms with Gasteiger partial charge in [0.1, 0.15) is 5.75 Å². The highest BCUT2D eigenvalue weighted by molar-refractivity contribution is 7.88. The zero-order valence-corrected chi connectivity index (χ0v) is 17.6. The van der Waals surface area contributed by atoms with E-state index >= 15 is 0 Å². The lowest BCUT2D eigenvalue weighted by Crippen LogP contribution is -2.55. The van der Waals surface area contributed by atoms with Gasteiger partial charge in [0.25, 0.3) is 5.91 Å². The summed E-state index contributed by atoms with van der Waals surface area (Å²) in [4.78, 5) is 26.9. The number of benzene rings is 1. The van der Waals surface area contributed by atoms with E-state index in [1.807, 2.05) is 18.2 Å². The monoisotopic (exact) mass is 423 g/mol. The Morgan fingerprint density at radius 1 is 1.14 bits per heavy atom. The summed E-state index contributed by atoms with van der Waals surface area (Å²) in [6.45, 7) is 0.978. The predicted octanol–water partition coefficient (Wildman–Crippen LogP) is 0.844. The molecule has 3 rings (SSSR count). The topological polar surface area (TPSA) is 96.0 Å². The third-order valence-electron chi connectivity index (χ3n) is 5.59. The predicted molar refractivity (Wildman–Crippen MR) is 109 cm³/mol. The molecular formula is C20H29N3O5S. The molecule has 1 aliphatic heterocycles. The van der Waals surface area contributed by atoms with E-state index in [9.17, 15) is 18.0 Å². The van der Waals surface area contributed by atoms with Crippen LogP contribution in [0, 0.1) is 5.92 Å². The van der Waals surface area contributed by atoms with E-state index in [4.69, 9.17) is 4.74 Å². The molecular weight excluding hydrogens is 394 g/mol. The molecule has 160 valence electrons. The average Bonchev–Trinajstić information content (AvgIpc) is 2.70. The minimum Gasteiger partial charge on any atom is -0.484 e. The lowest BCUT2D eigenvalue weighted by atomic mass is 9.83. The molecule has 1 saturated heterocycles. The van der Waals surface area contributed by atoms with Crippen LogP contribution in [-0.4, -0.2) is 74.5 Å². The molecule has 1 heterocycles. The van der Waals surface area contributed by atoms with Gasteiger partial charge in [0.2, 0.25) is 15.9 Å². The number of hydrogen-bond acceptors (Lipinski definition) is 5. The molecule has 8 nitrogen and oxygen atoms in total. The highest BCUT2D eigenvalue weighted by Crippen LogP contribution is 2.30. The standard InChI is InChI=1S/C20H29N3O5S/c1-29(26,27)23-14-13-22(19(24)15-28-16-7-3-2-4-8-16)12-11-21-20(25)17-9-5-6-10-18(17)23/h2-4,7-8,17-18H,5-6,9-15H2,1H3,(H,21,25). The molecule has 1 N–H and O–H groups in total. The van der Waals surface area contributed by atoms with E-state index in [2.05, 4.69) is 5.32 Å². The molecule has 2 amide bonds. The second kappa shape index (κ2) is 9.58. The number of hydrogen-bond donors (Lipinski definition) is 1. The van der Waals surface area contributed by atoms with Crippen LogP contribution < -0.4 is 10.1 Å². The second-order valence-corrected chi connectivity index (χ2v) is 9.54. The Hall–Kier alpha value is -2.13. The van der Waals surface area contributed by atoms with Crippen LogP contribution in [0.25, 0.3) is 0 Å². The Morgan fingerprint density at radius 2 is 1.86 bits per heavy atom. The van der Waals surface area contributed by atoms with Crippen molar-refractivity contribution in [3.8, 4) is 5.75 Å². The summed E-state index contributed by atoms with van der Waals surface area (Å²) in [5.41, 5.74) is 0. The highest BCUT2D eigenvalue weighted by atomic mass is 32.2. The van der Waals surface area contributed by atoms with Gasteiger partial charge in [0.15, 0.2) is 6.61 Å². The largest absolute Gasteiger partial charge is 0.484 e. The van der Waals surface area contributed by atoms with E-state index in [-0.39, 0.29) is 43.5 Å². The molecule has 1 saturated carbocycles. The summed E-state index contributed by atoms with van der Waals surface area (Å²) >= 11 is 0. The smallest absolute Gasteiger partial charge is 0.260 e. The summed E-state index contributed by atoms with van der Waals surface area (Å²) in [7, 11) is -3.51.